The van der Waals surface area contributed by atoms with Crippen LogP contribution in [0.5, 0.6) is 28.9 Å². The smallest absolute Gasteiger partial charge is 0.230 e. The minimum atomic E-state index is -0.00342. The van der Waals surface area contributed by atoms with Crippen molar-refractivity contribution in [2.24, 2.45) is 0 Å². The minimum absolute atomic E-state index is 0.00342. The molecule has 0 fully saturated rings. The van der Waals surface area contributed by atoms with Crippen LogP contribution in [0.25, 0.3) is 10.9 Å². The summed E-state index contributed by atoms with van der Waals surface area (Å²) < 4.78 is 16.3. The molecule has 0 aliphatic heterocycles. The molecule has 2 aromatic carbocycles. The van der Waals surface area contributed by atoms with Crippen LogP contribution in [0.2, 0.25) is 0 Å². The number of anilines is 1. The van der Waals surface area contributed by atoms with Crippen molar-refractivity contribution in [3.8, 4) is 28.9 Å². The first-order valence-corrected chi connectivity index (χ1v) is 6.75. The van der Waals surface area contributed by atoms with Crippen molar-refractivity contribution in [3.05, 3.63) is 36.7 Å². The van der Waals surface area contributed by atoms with Crippen LogP contribution in [0, 0.1) is 0 Å². The first-order chi connectivity index (χ1) is 11.1. The fourth-order valence-corrected chi connectivity index (χ4v) is 2.15. The molecule has 0 amide bonds. The quantitative estimate of drug-likeness (QED) is 0.564. The van der Waals surface area contributed by atoms with Crippen molar-refractivity contribution in [1.82, 2.24) is 9.97 Å². The van der Waals surface area contributed by atoms with Gasteiger partial charge in [-0.05, 0) is 18.2 Å². The molecule has 23 heavy (non-hydrogen) atoms. The number of fused-ring (bicyclic) bond motifs is 1. The molecule has 0 aliphatic carbocycles. The van der Waals surface area contributed by atoms with Crippen LogP contribution in [0.1, 0.15) is 0 Å². The van der Waals surface area contributed by atoms with Crippen molar-refractivity contribution in [3.63, 3.8) is 0 Å². The molecule has 118 valence electrons. The molecule has 0 aliphatic rings. The van der Waals surface area contributed by atoms with E-state index in [9.17, 15) is 5.11 Å². The summed E-state index contributed by atoms with van der Waals surface area (Å²) >= 11 is 0. The molecule has 0 atom stereocenters. The van der Waals surface area contributed by atoms with Crippen LogP contribution in [-0.4, -0.2) is 29.3 Å². The number of methoxy groups -OCH3 is 2. The zero-order valence-electron chi connectivity index (χ0n) is 12.6. The number of aromatic hydroxyl groups is 1. The van der Waals surface area contributed by atoms with E-state index in [0.29, 0.717) is 34.0 Å². The topological polar surface area (TPSA) is 99.7 Å². The summed E-state index contributed by atoms with van der Waals surface area (Å²) in [6, 6.07) is 8.06. The number of nitrogen functional groups attached to an aromatic ring is 1. The predicted octanol–water partition coefficient (Wildman–Crippen LogP) is 2.73. The van der Waals surface area contributed by atoms with Crippen LogP contribution < -0.4 is 19.9 Å². The molecule has 3 rings (SSSR count). The second-order valence-electron chi connectivity index (χ2n) is 4.73. The van der Waals surface area contributed by atoms with Gasteiger partial charge in [-0.2, -0.15) is 0 Å². The van der Waals surface area contributed by atoms with Gasteiger partial charge in [0.15, 0.2) is 11.5 Å². The molecule has 7 nitrogen and oxygen atoms in total. The number of ether oxygens (including phenoxy) is 3. The highest BCUT2D eigenvalue weighted by atomic mass is 16.5. The van der Waals surface area contributed by atoms with Gasteiger partial charge in [0, 0.05) is 12.1 Å². The lowest BCUT2D eigenvalue weighted by Crippen LogP contribution is -1.95. The van der Waals surface area contributed by atoms with Crippen molar-refractivity contribution in [2.45, 2.75) is 0 Å². The Bertz CT molecular complexity index is 867. The van der Waals surface area contributed by atoms with Crippen LogP contribution in [0.15, 0.2) is 36.7 Å². The number of aromatic nitrogens is 2. The van der Waals surface area contributed by atoms with Gasteiger partial charge in [-0.1, -0.05) is 0 Å². The third kappa shape index (κ3) is 2.76. The molecule has 0 spiro atoms. The number of rotatable bonds is 4. The highest BCUT2D eigenvalue weighted by Crippen LogP contribution is 2.36. The van der Waals surface area contributed by atoms with Gasteiger partial charge in [0.2, 0.25) is 5.88 Å². The van der Waals surface area contributed by atoms with E-state index >= 15 is 0 Å². The lowest BCUT2D eigenvalue weighted by atomic mass is 10.2. The fraction of sp³-hybridized carbons (Fsp3) is 0.125. The van der Waals surface area contributed by atoms with Crippen LogP contribution >= 0.6 is 0 Å². The highest BCUT2D eigenvalue weighted by molar-refractivity contribution is 5.87. The summed E-state index contributed by atoms with van der Waals surface area (Å²) in [4.78, 5) is 8.36. The van der Waals surface area contributed by atoms with Gasteiger partial charge in [-0.3, -0.25) is 0 Å². The molecule has 0 unspecified atom stereocenters. The third-order valence-electron chi connectivity index (χ3n) is 3.32. The Balaban J connectivity index is 2.08. The molecule has 0 saturated carbocycles. The second kappa shape index (κ2) is 5.88. The standard InChI is InChI=1S/C16H15N3O4/c1-21-14-6-10-12(7-15(14)22-2)18-8-19-16(10)23-9-3-4-13(20)11(17)5-9/h3-8,20H,17H2,1-2H3. The van der Waals surface area contributed by atoms with Gasteiger partial charge in [-0.15, -0.1) is 0 Å². The van der Waals surface area contributed by atoms with E-state index in [1.54, 1.807) is 32.4 Å². The first-order valence-electron chi connectivity index (χ1n) is 6.75. The van der Waals surface area contributed by atoms with E-state index < -0.39 is 0 Å². The van der Waals surface area contributed by atoms with Crippen molar-refractivity contribution in [1.29, 1.82) is 0 Å². The number of benzene rings is 2. The maximum absolute atomic E-state index is 9.47. The number of nitrogens with zero attached hydrogens (tertiary/aromatic N) is 2. The summed E-state index contributed by atoms with van der Waals surface area (Å²) in [7, 11) is 3.11. The van der Waals surface area contributed by atoms with Gasteiger partial charge in [0.05, 0.1) is 30.8 Å². The predicted molar refractivity (Wildman–Crippen MR) is 85.2 cm³/mol. The molecule has 7 heteroatoms. The molecular weight excluding hydrogens is 298 g/mol. The molecule has 0 radical (unpaired) electrons. The lowest BCUT2D eigenvalue weighted by Gasteiger charge is -2.11. The third-order valence-corrected chi connectivity index (χ3v) is 3.32. The van der Waals surface area contributed by atoms with Crippen LogP contribution in [0.4, 0.5) is 5.69 Å². The monoisotopic (exact) mass is 313 g/mol. The SMILES string of the molecule is COc1cc2ncnc(Oc3ccc(O)c(N)c3)c2cc1OC. The van der Waals surface area contributed by atoms with E-state index in [1.807, 2.05) is 0 Å². The van der Waals surface area contributed by atoms with Crippen molar-refractivity contribution in [2.75, 3.05) is 20.0 Å². The zero-order valence-corrected chi connectivity index (χ0v) is 12.6. The van der Waals surface area contributed by atoms with Gasteiger partial charge in [0.25, 0.3) is 0 Å². The summed E-state index contributed by atoms with van der Waals surface area (Å²) in [6.45, 7) is 0. The molecule has 0 bridgehead atoms. The Morgan fingerprint density at radius 2 is 1.74 bits per heavy atom. The van der Waals surface area contributed by atoms with Gasteiger partial charge < -0.3 is 25.1 Å². The molecule has 3 N–H and O–H groups in total. The van der Waals surface area contributed by atoms with Gasteiger partial charge >= 0.3 is 0 Å². The zero-order chi connectivity index (χ0) is 16.4. The second-order valence-corrected chi connectivity index (χ2v) is 4.73. The number of phenols is 1. The van der Waals surface area contributed by atoms with E-state index in [4.69, 9.17) is 19.9 Å². The van der Waals surface area contributed by atoms with E-state index in [-0.39, 0.29) is 11.4 Å². The number of hydrogen-bond donors (Lipinski definition) is 2. The maximum atomic E-state index is 9.47. The molecule has 1 heterocycles. The Morgan fingerprint density at radius 1 is 1.00 bits per heavy atom. The number of phenolic OH excluding ortho intramolecular Hbond substituents is 1. The largest absolute Gasteiger partial charge is 0.506 e. The Labute approximate surface area is 132 Å². The van der Waals surface area contributed by atoms with Crippen LogP contribution in [-0.2, 0) is 0 Å². The Hall–Kier alpha value is -3.22. The summed E-state index contributed by atoms with van der Waals surface area (Å²) in [5.41, 5.74) is 6.55. The van der Waals surface area contributed by atoms with Gasteiger partial charge in [-0.25, -0.2) is 9.97 Å². The summed E-state index contributed by atoms with van der Waals surface area (Å²) in [6.07, 6.45) is 1.40. The normalized spacial score (nSPS) is 10.5. The number of hydrogen-bond acceptors (Lipinski definition) is 7. The van der Waals surface area contributed by atoms with Crippen molar-refractivity contribution < 1.29 is 19.3 Å². The molecule has 1 aromatic heterocycles. The van der Waals surface area contributed by atoms with E-state index in [2.05, 4.69) is 9.97 Å². The minimum Gasteiger partial charge on any atom is -0.506 e. The average molecular weight is 313 g/mol. The summed E-state index contributed by atoms with van der Waals surface area (Å²) in [5.74, 6) is 1.91. The Morgan fingerprint density at radius 3 is 2.43 bits per heavy atom. The molecular formula is C16H15N3O4. The lowest BCUT2D eigenvalue weighted by molar-refractivity contribution is 0.355. The average Bonchev–Trinajstić information content (AvgIpc) is 2.57. The van der Waals surface area contributed by atoms with E-state index in [1.165, 1.54) is 18.5 Å². The fourth-order valence-electron chi connectivity index (χ4n) is 2.15. The molecule has 3 aromatic rings. The Kier molecular flexibility index (Phi) is 3.76. The van der Waals surface area contributed by atoms with E-state index in [0.717, 1.165) is 0 Å². The number of nitrogens with two attached hydrogens (primary N) is 1. The maximum Gasteiger partial charge on any atom is 0.230 e. The highest BCUT2D eigenvalue weighted by Gasteiger charge is 2.12. The van der Waals surface area contributed by atoms with Crippen LogP contribution in [0.3, 0.4) is 0 Å². The first kappa shape index (κ1) is 14.7. The molecule has 0 saturated heterocycles. The summed E-state index contributed by atoms with van der Waals surface area (Å²) in [5, 5.41) is 10.1. The van der Waals surface area contributed by atoms with Gasteiger partial charge in [0.1, 0.15) is 17.8 Å². The van der Waals surface area contributed by atoms with Crippen molar-refractivity contribution >= 4 is 16.6 Å².